The van der Waals surface area contributed by atoms with Crippen LogP contribution in [-0.2, 0) is 0 Å². The quantitative estimate of drug-likeness (QED) is 0.754. The first-order valence-corrected chi connectivity index (χ1v) is 7.12. The van der Waals surface area contributed by atoms with Gasteiger partial charge in [-0.15, -0.1) is 0 Å². The summed E-state index contributed by atoms with van der Waals surface area (Å²) in [5.74, 6) is 0.978. The number of nitrogens with zero attached hydrogens (tertiary/aromatic N) is 1. The molecule has 1 aliphatic rings. The van der Waals surface area contributed by atoms with Crippen molar-refractivity contribution < 1.29 is 0 Å². The van der Waals surface area contributed by atoms with Crippen molar-refractivity contribution >= 4 is 0 Å². The molecule has 16 heavy (non-hydrogen) atoms. The largest absolute Gasteiger partial charge is 0.330 e. The van der Waals surface area contributed by atoms with E-state index in [1.54, 1.807) is 0 Å². The van der Waals surface area contributed by atoms with Crippen LogP contribution in [0.3, 0.4) is 0 Å². The van der Waals surface area contributed by atoms with E-state index in [1.807, 2.05) is 0 Å². The van der Waals surface area contributed by atoms with Crippen LogP contribution in [0.5, 0.6) is 0 Å². The molecule has 96 valence electrons. The van der Waals surface area contributed by atoms with Gasteiger partial charge in [0.1, 0.15) is 0 Å². The molecule has 0 bridgehead atoms. The fourth-order valence-corrected chi connectivity index (χ4v) is 2.85. The second kappa shape index (κ2) is 6.61. The average Bonchev–Trinajstić information content (AvgIpc) is 2.37. The van der Waals surface area contributed by atoms with E-state index in [9.17, 15) is 0 Å². The van der Waals surface area contributed by atoms with E-state index < -0.39 is 0 Å². The number of hydrogen-bond donors (Lipinski definition) is 1. The highest BCUT2D eigenvalue weighted by Gasteiger charge is 2.29. The van der Waals surface area contributed by atoms with Gasteiger partial charge in [-0.2, -0.15) is 0 Å². The topological polar surface area (TPSA) is 29.3 Å². The van der Waals surface area contributed by atoms with Crippen LogP contribution in [0.1, 0.15) is 52.9 Å². The summed E-state index contributed by atoms with van der Waals surface area (Å²) < 4.78 is 0. The Kier molecular flexibility index (Phi) is 5.77. The van der Waals surface area contributed by atoms with Crippen LogP contribution in [0.4, 0.5) is 0 Å². The normalized spacial score (nSPS) is 20.2. The van der Waals surface area contributed by atoms with E-state index >= 15 is 0 Å². The molecule has 1 rings (SSSR count). The zero-order valence-corrected chi connectivity index (χ0v) is 11.5. The van der Waals surface area contributed by atoms with Gasteiger partial charge in [0.2, 0.25) is 0 Å². The SMILES string of the molecule is CCC1CCN(CC(CC)(CC)CN)CC1. The summed E-state index contributed by atoms with van der Waals surface area (Å²) in [5.41, 5.74) is 6.35. The zero-order valence-electron chi connectivity index (χ0n) is 11.5. The van der Waals surface area contributed by atoms with Gasteiger partial charge in [0.15, 0.2) is 0 Å². The summed E-state index contributed by atoms with van der Waals surface area (Å²) in [5, 5.41) is 0. The number of nitrogens with two attached hydrogens (primary N) is 1. The smallest absolute Gasteiger partial charge is 0.00499 e. The summed E-state index contributed by atoms with van der Waals surface area (Å²) in [6, 6.07) is 0. The third kappa shape index (κ3) is 3.46. The highest BCUT2D eigenvalue weighted by atomic mass is 15.1. The van der Waals surface area contributed by atoms with Gasteiger partial charge in [-0.05, 0) is 56.7 Å². The summed E-state index contributed by atoms with van der Waals surface area (Å²) in [7, 11) is 0. The van der Waals surface area contributed by atoms with E-state index in [0.29, 0.717) is 5.41 Å². The molecule has 2 heteroatoms. The van der Waals surface area contributed by atoms with Gasteiger partial charge < -0.3 is 10.6 Å². The minimum Gasteiger partial charge on any atom is -0.330 e. The standard InChI is InChI=1S/C14H30N2/c1-4-13-7-9-16(10-8-13)12-14(5-2,6-3)11-15/h13H,4-12,15H2,1-3H3. The molecule has 0 aromatic rings. The maximum Gasteiger partial charge on any atom is 0.00499 e. The molecule has 0 unspecified atom stereocenters. The first-order chi connectivity index (χ1) is 7.69. The van der Waals surface area contributed by atoms with Crippen LogP contribution in [0.25, 0.3) is 0 Å². The van der Waals surface area contributed by atoms with Crippen LogP contribution >= 0.6 is 0 Å². The molecular weight excluding hydrogens is 196 g/mol. The van der Waals surface area contributed by atoms with Crippen LogP contribution in [-0.4, -0.2) is 31.1 Å². The predicted octanol–water partition coefficient (Wildman–Crippen LogP) is 2.87. The maximum atomic E-state index is 5.97. The van der Waals surface area contributed by atoms with Gasteiger partial charge >= 0.3 is 0 Å². The van der Waals surface area contributed by atoms with Gasteiger partial charge in [-0.3, -0.25) is 0 Å². The van der Waals surface area contributed by atoms with Crippen LogP contribution < -0.4 is 5.73 Å². The third-order valence-electron chi connectivity index (χ3n) is 4.78. The maximum absolute atomic E-state index is 5.97. The predicted molar refractivity (Wildman–Crippen MR) is 71.5 cm³/mol. The molecule has 1 fully saturated rings. The molecule has 0 aromatic heterocycles. The van der Waals surface area contributed by atoms with E-state index in [2.05, 4.69) is 25.7 Å². The molecule has 2 N–H and O–H groups in total. The van der Waals surface area contributed by atoms with Crippen LogP contribution in [0.15, 0.2) is 0 Å². The van der Waals surface area contributed by atoms with Gasteiger partial charge in [0, 0.05) is 6.54 Å². The number of likely N-dealkylation sites (tertiary alicyclic amines) is 1. The molecule has 0 spiro atoms. The van der Waals surface area contributed by atoms with Gasteiger partial charge in [0.05, 0.1) is 0 Å². The van der Waals surface area contributed by atoms with E-state index in [1.165, 1.54) is 51.7 Å². The number of piperidine rings is 1. The minimum absolute atomic E-state index is 0.374. The number of hydrogen-bond acceptors (Lipinski definition) is 2. The van der Waals surface area contributed by atoms with Crippen molar-refractivity contribution in [2.45, 2.75) is 52.9 Å². The molecule has 2 nitrogen and oxygen atoms in total. The van der Waals surface area contributed by atoms with Gasteiger partial charge in [0.25, 0.3) is 0 Å². The van der Waals surface area contributed by atoms with Crippen molar-refractivity contribution in [3.05, 3.63) is 0 Å². The Bertz CT molecular complexity index is 171. The second-order valence-corrected chi connectivity index (χ2v) is 5.54. The van der Waals surface area contributed by atoms with Crippen molar-refractivity contribution in [3.8, 4) is 0 Å². The summed E-state index contributed by atoms with van der Waals surface area (Å²) in [6.07, 6.45) is 6.58. The molecule has 0 aliphatic carbocycles. The zero-order chi connectivity index (χ0) is 12.0. The van der Waals surface area contributed by atoms with Crippen LogP contribution in [0.2, 0.25) is 0 Å². The van der Waals surface area contributed by atoms with Crippen LogP contribution in [0, 0.1) is 11.3 Å². The molecule has 0 atom stereocenters. The monoisotopic (exact) mass is 226 g/mol. The van der Waals surface area contributed by atoms with E-state index in [4.69, 9.17) is 5.73 Å². The molecule has 0 amide bonds. The Morgan fingerprint density at radius 1 is 1.12 bits per heavy atom. The molecule has 1 heterocycles. The molecule has 1 saturated heterocycles. The Hall–Kier alpha value is -0.0800. The Balaban J connectivity index is 2.42. The third-order valence-corrected chi connectivity index (χ3v) is 4.78. The highest BCUT2D eigenvalue weighted by molar-refractivity contribution is 4.83. The highest BCUT2D eigenvalue weighted by Crippen LogP contribution is 2.29. The van der Waals surface area contributed by atoms with E-state index in [-0.39, 0.29) is 0 Å². The average molecular weight is 226 g/mol. The lowest BCUT2D eigenvalue weighted by Crippen LogP contribution is -2.45. The molecular formula is C14H30N2. The number of rotatable bonds is 6. The summed E-state index contributed by atoms with van der Waals surface area (Å²) >= 11 is 0. The minimum atomic E-state index is 0.374. The molecule has 0 saturated carbocycles. The van der Waals surface area contributed by atoms with E-state index in [0.717, 1.165) is 12.5 Å². The summed E-state index contributed by atoms with van der Waals surface area (Å²) in [6.45, 7) is 11.5. The van der Waals surface area contributed by atoms with Gasteiger partial charge in [-0.1, -0.05) is 27.2 Å². The van der Waals surface area contributed by atoms with Crippen molar-refractivity contribution in [2.75, 3.05) is 26.2 Å². The molecule has 0 aromatic carbocycles. The Morgan fingerprint density at radius 2 is 1.69 bits per heavy atom. The molecule has 1 aliphatic heterocycles. The van der Waals surface area contributed by atoms with Gasteiger partial charge in [-0.25, -0.2) is 0 Å². The van der Waals surface area contributed by atoms with Crippen molar-refractivity contribution in [1.29, 1.82) is 0 Å². The fourth-order valence-electron chi connectivity index (χ4n) is 2.85. The molecule has 0 radical (unpaired) electrons. The Labute approximate surface area is 102 Å². The van der Waals surface area contributed by atoms with Crippen molar-refractivity contribution in [1.82, 2.24) is 4.90 Å². The lowest BCUT2D eigenvalue weighted by Gasteiger charge is -2.39. The lowest BCUT2D eigenvalue weighted by molar-refractivity contribution is 0.105. The van der Waals surface area contributed by atoms with Crippen molar-refractivity contribution in [3.63, 3.8) is 0 Å². The van der Waals surface area contributed by atoms with Crippen molar-refractivity contribution in [2.24, 2.45) is 17.1 Å². The first kappa shape index (κ1) is 14.0. The Morgan fingerprint density at radius 3 is 2.06 bits per heavy atom. The second-order valence-electron chi connectivity index (χ2n) is 5.54. The lowest BCUT2D eigenvalue weighted by atomic mass is 9.81. The first-order valence-electron chi connectivity index (χ1n) is 7.12. The fraction of sp³-hybridized carbons (Fsp3) is 1.00. The summed E-state index contributed by atoms with van der Waals surface area (Å²) in [4.78, 5) is 2.64.